The largest absolute Gasteiger partial charge is 0.508 e. The van der Waals surface area contributed by atoms with E-state index >= 15 is 0 Å². The molecule has 0 saturated carbocycles. The van der Waals surface area contributed by atoms with Crippen LogP contribution in [0, 0.1) is 0 Å². The average molecular weight is 191 g/mol. The molecular formula is C10H9NO3. The summed E-state index contributed by atoms with van der Waals surface area (Å²) in [4.78, 5) is 11.3. The number of hydrogen-bond donors (Lipinski definition) is 1. The van der Waals surface area contributed by atoms with Gasteiger partial charge in [0.1, 0.15) is 5.75 Å². The Morgan fingerprint density at radius 3 is 2.93 bits per heavy atom. The molecule has 0 aliphatic carbocycles. The summed E-state index contributed by atoms with van der Waals surface area (Å²) in [6, 6.07) is 6.53. The first-order valence-corrected chi connectivity index (χ1v) is 4.11. The average Bonchev–Trinajstić information content (AvgIpc) is 2.59. The Kier molecular flexibility index (Phi) is 1.89. The predicted molar refractivity (Wildman–Crippen MR) is 51.4 cm³/mol. The first-order valence-electron chi connectivity index (χ1n) is 4.11. The van der Waals surface area contributed by atoms with Gasteiger partial charge in [0.15, 0.2) is 0 Å². The highest BCUT2D eigenvalue weighted by Crippen LogP contribution is 2.20. The maximum atomic E-state index is 11.3. The Hall–Kier alpha value is -1.97. The molecule has 2 aromatic rings. The summed E-state index contributed by atoms with van der Waals surface area (Å²) in [6.07, 6.45) is 1.17. The number of fused-ring (bicyclic) bond motifs is 1. The van der Waals surface area contributed by atoms with E-state index in [0.29, 0.717) is 0 Å². The number of carbonyl (C=O) groups is 1. The van der Waals surface area contributed by atoms with Gasteiger partial charge in [-0.05, 0) is 24.3 Å². The fourth-order valence-electron chi connectivity index (χ4n) is 1.39. The fraction of sp³-hybridized carbons (Fsp3) is 0.100. The summed E-state index contributed by atoms with van der Waals surface area (Å²) in [5, 5.41) is 10.0. The fourth-order valence-corrected chi connectivity index (χ4v) is 1.39. The number of carbonyl (C=O) groups excluding carboxylic acids is 1. The topological polar surface area (TPSA) is 51.5 Å². The minimum atomic E-state index is -0.439. The highest BCUT2D eigenvalue weighted by Gasteiger charge is 2.08. The zero-order valence-corrected chi connectivity index (χ0v) is 7.60. The summed E-state index contributed by atoms with van der Waals surface area (Å²) in [7, 11) is 1.33. The number of rotatable bonds is 0. The molecular weight excluding hydrogens is 182 g/mol. The number of benzene rings is 1. The van der Waals surface area contributed by atoms with Crippen molar-refractivity contribution in [2.24, 2.45) is 0 Å². The van der Waals surface area contributed by atoms with Crippen molar-refractivity contribution < 1.29 is 14.6 Å². The zero-order chi connectivity index (χ0) is 10.1. The van der Waals surface area contributed by atoms with Crippen molar-refractivity contribution in [2.75, 3.05) is 7.11 Å². The molecule has 0 unspecified atom stereocenters. The Bertz CT molecular complexity index is 487. The van der Waals surface area contributed by atoms with Crippen LogP contribution in [-0.4, -0.2) is 22.9 Å². The van der Waals surface area contributed by atoms with E-state index in [1.807, 2.05) is 0 Å². The molecule has 0 amide bonds. The molecule has 14 heavy (non-hydrogen) atoms. The molecule has 0 atom stereocenters. The van der Waals surface area contributed by atoms with Gasteiger partial charge in [0.25, 0.3) is 0 Å². The van der Waals surface area contributed by atoms with E-state index in [-0.39, 0.29) is 5.75 Å². The van der Waals surface area contributed by atoms with Crippen molar-refractivity contribution >= 4 is 17.0 Å². The van der Waals surface area contributed by atoms with Crippen LogP contribution in [0.25, 0.3) is 10.9 Å². The minimum absolute atomic E-state index is 0.181. The molecule has 1 aromatic carbocycles. The summed E-state index contributed by atoms with van der Waals surface area (Å²) in [5.41, 5.74) is 0.717. The molecule has 1 heterocycles. The molecule has 1 aromatic heterocycles. The van der Waals surface area contributed by atoms with E-state index in [4.69, 9.17) is 0 Å². The normalized spacial score (nSPS) is 10.4. The second-order valence-corrected chi connectivity index (χ2v) is 2.90. The van der Waals surface area contributed by atoms with Crippen LogP contribution in [0.1, 0.15) is 0 Å². The number of methoxy groups -OCH3 is 1. The van der Waals surface area contributed by atoms with Gasteiger partial charge in [-0.2, -0.15) is 0 Å². The lowest BCUT2D eigenvalue weighted by molar-refractivity contribution is 0.174. The zero-order valence-electron chi connectivity index (χ0n) is 7.60. The van der Waals surface area contributed by atoms with Crippen LogP contribution >= 0.6 is 0 Å². The first kappa shape index (κ1) is 8.62. The van der Waals surface area contributed by atoms with E-state index in [9.17, 15) is 9.90 Å². The Morgan fingerprint density at radius 2 is 2.21 bits per heavy atom. The third kappa shape index (κ3) is 1.21. The quantitative estimate of drug-likeness (QED) is 0.692. The van der Waals surface area contributed by atoms with Crippen molar-refractivity contribution in [2.45, 2.75) is 0 Å². The molecule has 0 spiro atoms. The van der Waals surface area contributed by atoms with Crippen LogP contribution in [0.15, 0.2) is 30.5 Å². The maximum absolute atomic E-state index is 11.3. The lowest BCUT2D eigenvalue weighted by atomic mass is 10.2. The van der Waals surface area contributed by atoms with E-state index in [1.54, 1.807) is 24.4 Å². The molecule has 0 fully saturated rings. The number of phenols is 1. The monoisotopic (exact) mass is 191 g/mol. The van der Waals surface area contributed by atoms with Gasteiger partial charge in [-0.15, -0.1) is 0 Å². The maximum Gasteiger partial charge on any atom is 0.418 e. The van der Waals surface area contributed by atoms with Crippen molar-refractivity contribution in [1.29, 1.82) is 0 Å². The van der Waals surface area contributed by atoms with Crippen LogP contribution in [0.4, 0.5) is 4.79 Å². The third-order valence-electron chi connectivity index (χ3n) is 2.05. The lowest BCUT2D eigenvalue weighted by Crippen LogP contribution is -2.09. The standard InChI is InChI=1S/C10H9NO3/c1-14-10(13)11-5-4-7-6-8(12)2-3-9(7)11/h2-6,12H,1H3. The van der Waals surface area contributed by atoms with Crippen LogP contribution < -0.4 is 0 Å². The second kappa shape index (κ2) is 3.06. The molecule has 4 nitrogen and oxygen atoms in total. The number of aromatic nitrogens is 1. The molecule has 0 aliphatic heterocycles. The van der Waals surface area contributed by atoms with Crippen LogP contribution in [-0.2, 0) is 4.74 Å². The summed E-state index contributed by atoms with van der Waals surface area (Å²) in [6.45, 7) is 0. The lowest BCUT2D eigenvalue weighted by Gasteiger charge is -2.01. The Morgan fingerprint density at radius 1 is 1.43 bits per heavy atom. The van der Waals surface area contributed by atoms with Gasteiger partial charge in [-0.3, -0.25) is 4.57 Å². The summed E-state index contributed by atoms with van der Waals surface area (Å²) >= 11 is 0. The van der Waals surface area contributed by atoms with Gasteiger partial charge >= 0.3 is 6.09 Å². The van der Waals surface area contributed by atoms with E-state index in [2.05, 4.69) is 4.74 Å². The van der Waals surface area contributed by atoms with Gasteiger partial charge in [0.05, 0.1) is 12.6 Å². The van der Waals surface area contributed by atoms with Gasteiger partial charge in [0.2, 0.25) is 0 Å². The number of ether oxygens (including phenoxy) is 1. The molecule has 72 valence electrons. The predicted octanol–water partition coefficient (Wildman–Crippen LogP) is 1.96. The van der Waals surface area contributed by atoms with E-state index in [0.717, 1.165) is 10.9 Å². The van der Waals surface area contributed by atoms with Crippen LogP contribution in [0.2, 0.25) is 0 Å². The highest BCUT2D eigenvalue weighted by atomic mass is 16.5. The molecule has 4 heteroatoms. The summed E-state index contributed by atoms with van der Waals surface area (Å²) in [5.74, 6) is 0.181. The minimum Gasteiger partial charge on any atom is -0.508 e. The molecule has 0 radical (unpaired) electrons. The van der Waals surface area contributed by atoms with E-state index in [1.165, 1.54) is 17.7 Å². The number of aromatic hydroxyl groups is 1. The van der Waals surface area contributed by atoms with E-state index < -0.39 is 6.09 Å². The molecule has 1 N–H and O–H groups in total. The highest BCUT2D eigenvalue weighted by molar-refractivity contribution is 5.90. The smallest absolute Gasteiger partial charge is 0.418 e. The van der Waals surface area contributed by atoms with Gasteiger partial charge in [0, 0.05) is 11.6 Å². The van der Waals surface area contributed by atoms with Crippen LogP contribution in [0.3, 0.4) is 0 Å². The Labute approximate surface area is 80.3 Å². The third-order valence-corrected chi connectivity index (χ3v) is 2.05. The second-order valence-electron chi connectivity index (χ2n) is 2.90. The molecule has 0 saturated heterocycles. The molecule has 2 rings (SSSR count). The van der Waals surface area contributed by atoms with Crippen molar-refractivity contribution in [3.63, 3.8) is 0 Å². The number of nitrogens with zero attached hydrogens (tertiary/aromatic N) is 1. The van der Waals surface area contributed by atoms with Crippen molar-refractivity contribution in [1.82, 2.24) is 4.57 Å². The van der Waals surface area contributed by atoms with Crippen LogP contribution in [0.5, 0.6) is 5.75 Å². The Balaban J connectivity index is 2.64. The SMILES string of the molecule is COC(=O)n1ccc2cc(O)ccc21. The first-order chi connectivity index (χ1) is 6.72. The van der Waals surface area contributed by atoms with Gasteiger partial charge in [-0.1, -0.05) is 0 Å². The van der Waals surface area contributed by atoms with Gasteiger partial charge < -0.3 is 9.84 Å². The number of phenolic OH excluding ortho intramolecular Hbond substituents is 1. The van der Waals surface area contributed by atoms with Crippen molar-refractivity contribution in [3.05, 3.63) is 30.5 Å². The molecule has 0 aliphatic rings. The number of hydrogen-bond acceptors (Lipinski definition) is 3. The van der Waals surface area contributed by atoms with Crippen molar-refractivity contribution in [3.8, 4) is 5.75 Å². The summed E-state index contributed by atoms with van der Waals surface area (Å²) < 4.78 is 5.98. The van der Waals surface area contributed by atoms with Gasteiger partial charge in [-0.25, -0.2) is 4.79 Å². The molecule has 0 bridgehead atoms.